The third-order valence-corrected chi connectivity index (χ3v) is 2.70. The van der Waals surface area contributed by atoms with Crippen LogP contribution in [-0.4, -0.2) is 28.4 Å². The molecule has 0 saturated heterocycles. The Balaban J connectivity index is 0.00000144. The largest absolute Gasteiger partial charge is 0.384 e. The van der Waals surface area contributed by atoms with Crippen LogP contribution in [0.2, 0.25) is 0 Å². The van der Waals surface area contributed by atoms with Gasteiger partial charge in [0.2, 0.25) is 0 Å². The fourth-order valence-corrected chi connectivity index (χ4v) is 1.79. The zero-order chi connectivity index (χ0) is 11.5. The van der Waals surface area contributed by atoms with Gasteiger partial charge in [-0.05, 0) is 31.4 Å². The van der Waals surface area contributed by atoms with Gasteiger partial charge in [-0.1, -0.05) is 13.0 Å². The van der Waals surface area contributed by atoms with Crippen LogP contribution in [0.4, 0.5) is 5.82 Å². The van der Waals surface area contributed by atoms with Crippen molar-refractivity contribution in [1.29, 1.82) is 0 Å². The molecule has 4 nitrogen and oxygen atoms in total. The predicted molar refractivity (Wildman–Crippen MR) is 70.2 cm³/mol. The van der Waals surface area contributed by atoms with Crippen molar-refractivity contribution in [3.05, 3.63) is 23.9 Å². The van der Waals surface area contributed by atoms with Crippen molar-refractivity contribution in [3.8, 4) is 0 Å². The predicted octanol–water partition coefficient (Wildman–Crippen LogP) is 2.10. The molecule has 1 heterocycles. The summed E-state index contributed by atoms with van der Waals surface area (Å²) in [4.78, 5) is 18.2. The summed E-state index contributed by atoms with van der Waals surface area (Å²) in [5.41, 5.74) is 6.04. The number of hydrogen-bond acceptors (Lipinski definition) is 3. The van der Waals surface area contributed by atoms with E-state index in [9.17, 15) is 4.79 Å². The van der Waals surface area contributed by atoms with Crippen LogP contribution >= 0.6 is 12.4 Å². The van der Waals surface area contributed by atoms with Crippen molar-refractivity contribution >= 4 is 24.1 Å². The summed E-state index contributed by atoms with van der Waals surface area (Å²) in [5.74, 6) is 0.412. The van der Waals surface area contributed by atoms with Gasteiger partial charge in [0, 0.05) is 12.6 Å². The van der Waals surface area contributed by atoms with Gasteiger partial charge in [0.1, 0.15) is 11.5 Å². The van der Waals surface area contributed by atoms with E-state index in [0.29, 0.717) is 17.6 Å². The maximum atomic E-state index is 12.2. The SMILES string of the molecule is CCCN(C(=O)c1cccc(N)n1)C1CC1.Cl. The van der Waals surface area contributed by atoms with Gasteiger partial charge in [-0.15, -0.1) is 12.4 Å². The molecular weight excluding hydrogens is 238 g/mol. The second kappa shape index (κ2) is 5.87. The molecule has 2 rings (SSSR count). The number of carbonyl (C=O) groups is 1. The second-order valence-corrected chi connectivity index (χ2v) is 4.18. The van der Waals surface area contributed by atoms with Crippen LogP contribution in [0.3, 0.4) is 0 Å². The van der Waals surface area contributed by atoms with Gasteiger partial charge < -0.3 is 10.6 Å². The average Bonchev–Trinajstić information content (AvgIpc) is 3.09. The normalized spacial score (nSPS) is 13.9. The van der Waals surface area contributed by atoms with E-state index in [1.165, 1.54) is 0 Å². The molecule has 1 fully saturated rings. The molecule has 17 heavy (non-hydrogen) atoms. The van der Waals surface area contributed by atoms with Crippen LogP contribution in [0, 0.1) is 0 Å². The third-order valence-electron chi connectivity index (χ3n) is 2.70. The minimum atomic E-state index is 0. The summed E-state index contributed by atoms with van der Waals surface area (Å²) in [5, 5.41) is 0. The number of nitrogens with two attached hydrogens (primary N) is 1. The monoisotopic (exact) mass is 255 g/mol. The highest BCUT2D eigenvalue weighted by molar-refractivity contribution is 5.93. The van der Waals surface area contributed by atoms with Crippen molar-refractivity contribution in [1.82, 2.24) is 9.88 Å². The summed E-state index contributed by atoms with van der Waals surface area (Å²) in [7, 11) is 0. The summed E-state index contributed by atoms with van der Waals surface area (Å²) in [6, 6.07) is 5.62. The maximum absolute atomic E-state index is 12.2. The van der Waals surface area contributed by atoms with Crippen molar-refractivity contribution in [3.63, 3.8) is 0 Å². The Morgan fingerprint density at radius 3 is 2.76 bits per heavy atom. The average molecular weight is 256 g/mol. The van der Waals surface area contributed by atoms with Gasteiger partial charge in [-0.2, -0.15) is 0 Å². The Labute approximate surface area is 108 Å². The molecule has 0 radical (unpaired) electrons. The molecule has 94 valence electrons. The van der Waals surface area contributed by atoms with Crippen LogP contribution in [-0.2, 0) is 0 Å². The minimum absolute atomic E-state index is 0. The van der Waals surface area contributed by atoms with E-state index in [4.69, 9.17) is 5.73 Å². The molecular formula is C12H18ClN3O. The maximum Gasteiger partial charge on any atom is 0.272 e. The summed E-state index contributed by atoms with van der Waals surface area (Å²) in [6.45, 7) is 2.88. The molecule has 2 N–H and O–H groups in total. The molecule has 1 aromatic heterocycles. The Morgan fingerprint density at radius 2 is 2.24 bits per heavy atom. The van der Waals surface area contributed by atoms with E-state index in [2.05, 4.69) is 11.9 Å². The van der Waals surface area contributed by atoms with Gasteiger partial charge in [-0.25, -0.2) is 4.98 Å². The zero-order valence-electron chi connectivity index (χ0n) is 9.93. The molecule has 1 amide bonds. The zero-order valence-corrected chi connectivity index (χ0v) is 10.7. The molecule has 1 saturated carbocycles. The molecule has 0 spiro atoms. The smallest absolute Gasteiger partial charge is 0.272 e. The first-order valence-corrected chi connectivity index (χ1v) is 5.76. The molecule has 1 aromatic rings. The van der Waals surface area contributed by atoms with Crippen LogP contribution in [0.25, 0.3) is 0 Å². The van der Waals surface area contributed by atoms with Gasteiger partial charge in [0.05, 0.1) is 0 Å². The first kappa shape index (κ1) is 13.8. The van der Waals surface area contributed by atoms with Crippen molar-refractivity contribution < 1.29 is 4.79 Å². The Kier molecular flexibility index (Phi) is 4.75. The lowest BCUT2D eigenvalue weighted by Gasteiger charge is -2.21. The molecule has 0 atom stereocenters. The van der Waals surface area contributed by atoms with E-state index in [-0.39, 0.29) is 18.3 Å². The van der Waals surface area contributed by atoms with E-state index >= 15 is 0 Å². The first-order valence-electron chi connectivity index (χ1n) is 5.76. The molecule has 0 aliphatic heterocycles. The highest BCUT2D eigenvalue weighted by atomic mass is 35.5. The van der Waals surface area contributed by atoms with Crippen LogP contribution in [0.5, 0.6) is 0 Å². The topological polar surface area (TPSA) is 59.2 Å². The van der Waals surface area contributed by atoms with Gasteiger partial charge in [0.15, 0.2) is 0 Å². The van der Waals surface area contributed by atoms with Crippen LogP contribution in [0.1, 0.15) is 36.7 Å². The molecule has 0 unspecified atom stereocenters. The van der Waals surface area contributed by atoms with E-state index < -0.39 is 0 Å². The minimum Gasteiger partial charge on any atom is -0.384 e. The lowest BCUT2D eigenvalue weighted by atomic mass is 10.3. The Morgan fingerprint density at radius 1 is 1.53 bits per heavy atom. The van der Waals surface area contributed by atoms with E-state index in [0.717, 1.165) is 25.8 Å². The van der Waals surface area contributed by atoms with E-state index in [1.807, 2.05) is 4.90 Å². The molecule has 0 bridgehead atoms. The summed E-state index contributed by atoms with van der Waals surface area (Å²) in [6.07, 6.45) is 3.21. The molecule has 0 aromatic carbocycles. The standard InChI is InChI=1S/C12H17N3O.ClH/c1-2-8-15(9-6-7-9)12(16)10-4-3-5-11(13)14-10;/h3-5,9H,2,6-8H2,1H3,(H2,13,14);1H. The quantitative estimate of drug-likeness (QED) is 0.896. The van der Waals surface area contributed by atoms with E-state index in [1.54, 1.807) is 18.2 Å². The lowest BCUT2D eigenvalue weighted by molar-refractivity contribution is 0.0737. The van der Waals surface area contributed by atoms with Gasteiger partial charge >= 0.3 is 0 Å². The van der Waals surface area contributed by atoms with Crippen molar-refractivity contribution in [2.24, 2.45) is 0 Å². The number of amides is 1. The second-order valence-electron chi connectivity index (χ2n) is 4.18. The van der Waals surface area contributed by atoms with Gasteiger partial charge in [-0.3, -0.25) is 4.79 Å². The number of halogens is 1. The molecule has 1 aliphatic carbocycles. The number of pyridine rings is 1. The molecule has 1 aliphatic rings. The van der Waals surface area contributed by atoms with Crippen molar-refractivity contribution in [2.75, 3.05) is 12.3 Å². The number of aromatic nitrogens is 1. The number of nitrogen functional groups attached to an aromatic ring is 1. The number of hydrogen-bond donors (Lipinski definition) is 1. The Bertz CT molecular complexity index is 393. The number of nitrogens with zero attached hydrogens (tertiary/aromatic N) is 2. The molecule has 5 heteroatoms. The lowest BCUT2D eigenvalue weighted by Crippen LogP contribution is -2.34. The number of carbonyl (C=O) groups excluding carboxylic acids is 1. The van der Waals surface area contributed by atoms with Gasteiger partial charge in [0.25, 0.3) is 5.91 Å². The fraction of sp³-hybridized carbons (Fsp3) is 0.500. The van der Waals surface area contributed by atoms with Crippen LogP contribution < -0.4 is 5.73 Å². The van der Waals surface area contributed by atoms with Crippen LogP contribution in [0.15, 0.2) is 18.2 Å². The summed E-state index contributed by atoms with van der Waals surface area (Å²) >= 11 is 0. The highest BCUT2D eigenvalue weighted by Crippen LogP contribution is 2.28. The highest BCUT2D eigenvalue weighted by Gasteiger charge is 2.32. The Hall–Kier alpha value is -1.29. The fourth-order valence-electron chi connectivity index (χ4n) is 1.79. The first-order chi connectivity index (χ1) is 7.72. The third kappa shape index (κ3) is 3.33. The number of anilines is 1. The number of rotatable bonds is 4. The van der Waals surface area contributed by atoms with Crippen molar-refractivity contribution in [2.45, 2.75) is 32.2 Å². The summed E-state index contributed by atoms with van der Waals surface area (Å²) < 4.78 is 0.